The molecule has 1 heteroatoms. The number of unbranched alkanes of at least 4 members (excludes halogenated alkanes) is 6. The molecule has 0 aromatic carbocycles. The van der Waals surface area contributed by atoms with Crippen LogP contribution in [-0.2, 0) is 4.79 Å². The van der Waals surface area contributed by atoms with Crippen molar-refractivity contribution in [3.8, 4) is 0 Å². The average Bonchev–Trinajstić information content (AvgIpc) is 2.25. The van der Waals surface area contributed by atoms with E-state index in [-0.39, 0.29) is 5.41 Å². The van der Waals surface area contributed by atoms with Crippen molar-refractivity contribution in [2.45, 2.75) is 85.0 Å². The molecule has 1 aliphatic carbocycles. The van der Waals surface area contributed by atoms with Crippen molar-refractivity contribution in [3.63, 3.8) is 0 Å². The molecule has 0 unspecified atom stereocenters. The lowest BCUT2D eigenvalue weighted by molar-refractivity contribution is -0.117. The van der Waals surface area contributed by atoms with E-state index in [1.807, 2.05) is 6.08 Å². The summed E-state index contributed by atoms with van der Waals surface area (Å²) < 4.78 is 0. The fourth-order valence-electron chi connectivity index (χ4n) is 2.95. The van der Waals surface area contributed by atoms with Crippen molar-refractivity contribution >= 4 is 5.78 Å². The molecule has 0 bridgehead atoms. The summed E-state index contributed by atoms with van der Waals surface area (Å²) in [7, 11) is 0. The molecule has 0 aliphatic heterocycles. The van der Waals surface area contributed by atoms with E-state index in [4.69, 9.17) is 0 Å². The van der Waals surface area contributed by atoms with Crippen molar-refractivity contribution in [2.24, 2.45) is 5.41 Å². The first-order valence-electron chi connectivity index (χ1n) is 7.76. The zero-order chi connectivity index (χ0) is 13.4. The smallest absolute Gasteiger partial charge is 0.156 e. The van der Waals surface area contributed by atoms with E-state index >= 15 is 0 Å². The highest BCUT2D eigenvalue weighted by Crippen LogP contribution is 2.35. The minimum Gasteiger partial charge on any atom is -0.295 e. The van der Waals surface area contributed by atoms with Crippen LogP contribution in [0.2, 0.25) is 0 Å². The van der Waals surface area contributed by atoms with Gasteiger partial charge in [0.2, 0.25) is 0 Å². The maximum atomic E-state index is 11.6. The van der Waals surface area contributed by atoms with Crippen molar-refractivity contribution in [1.82, 2.24) is 0 Å². The maximum Gasteiger partial charge on any atom is 0.156 e. The Hall–Kier alpha value is -0.590. The van der Waals surface area contributed by atoms with E-state index in [1.54, 1.807) is 0 Å². The SMILES string of the molecule is CCCCCCCCCC1=CC(=O)CC(C)(C)C1. The first-order valence-corrected chi connectivity index (χ1v) is 7.76. The van der Waals surface area contributed by atoms with Crippen LogP contribution in [0.5, 0.6) is 0 Å². The molecule has 1 nitrogen and oxygen atoms in total. The van der Waals surface area contributed by atoms with E-state index in [0.717, 1.165) is 19.3 Å². The summed E-state index contributed by atoms with van der Waals surface area (Å²) in [6.45, 7) is 6.68. The standard InChI is InChI=1S/C17H30O/c1-4-5-6-7-8-9-10-11-15-12-16(18)14-17(2,3)13-15/h12H,4-11,13-14H2,1-3H3. The van der Waals surface area contributed by atoms with E-state index in [9.17, 15) is 4.79 Å². The first-order chi connectivity index (χ1) is 8.53. The van der Waals surface area contributed by atoms with Crippen LogP contribution in [0.15, 0.2) is 11.6 Å². The molecule has 0 spiro atoms. The lowest BCUT2D eigenvalue weighted by atomic mass is 9.76. The number of hydrogen-bond acceptors (Lipinski definition) is 1. The minimum absolute atomic E-state index is 0.197. The van der Waals surface area contributed by atoms with Crippen molar-refractivity contribution < 1.29 is 4.79 Å². The fourth-order valence-corrected chi connectivity index (χ4v) is 2.95. The average molecular weight is 250 g/mol. The number of carbonyl (C=O) groups is 1. The summed E-state index contributed by atoms with van der Waals surface area (Å²) in [5.41, 5.74) is 1.59. The Morgan fingerprint density at radius 1 is 1.00 bits per heavy atom. The van der Waals surface area contributed by atoms with E-state index in [1.165, 1.54) is 50.5 Å². The third-order valence-corrected chi connectivity index (χ3v) is 3.82. The molecule has 0 amide bonds. The number of rotatable bonds is 8. The van der Waals surface area contributed by atoms with Gasteiger partial charge >= 0.3 is 0 Å². The van der Waals surface area contributed by atoms with Crippen LogP contribution >= 0.6 is 0 Å². The number of hydrogen-bond donors (Lipinski definition) is 0. The molecular weight excluding hydrogens is 220 g/mol. The molecule has 0 aromatic heterocycles. The van der Waals surface area contributed by atoms with Gasteiger partial charge in [0.1, 0.15) is 0 Å². The third-order valence-electron chi connectivity index (χ3n) is 3.82. The van der Waals surface area contributed by atoms with Crippen molar-refractivity contribution in [2.75, 3.05) is 0 Å². The molecule has 0 heterocycles. The van der Waals surface area contributed by atoms with Gasteiger partial charge in [0.05, 0.1) is 0 Å². The molecular formula is C17H30O. The van der Waals surface area contributed by atoms with Crippen LogP contribution in [0.3, 0.4) is 0 Å². The molecule has 0 radical (unpaired) electrons. The van der Waals surface area contributed by atoms with Gasteiger partial charge in [0.25, 0.3) is 0 Å². The summed E-state index contributed by atoms with van der Waals surface area (Å²) >= 11 is 0. The van der Waals surface area contributed by atoms with Crippen LogP contribution in [0.25, 0.3) is 0 Å². The molecule has 0 N–H and O–H groups in total. The van der Waals surface area contributed by atoms with Crippen LogP contribution < -0.4 is 0 Å². The second kappa shape index (κ2) is 7.76. The monoisotopic (exact) mass is 250 g/mol. The Bertz CT molecular complexity index is 286. The number of carbonyl (C=O) groups excluding carboxylic acids is 1. The Morgan fingerprint density at radius 2 is 1.61 bits per heavy atom. The highest BCUT2D eigenvalue weighted by molar-refractivity contribution is 5.91. The highest BCUT2D eigenvalue weighted by atomic mass is 16.1. The maximum absolute atomic E-state index is 11.6. The summed E-state index contributed by atoms with van der Waals surface area (Å²) in [6.07, 6.45) is 14.4. The number of ketones is 1. The second-order valence-electron chi connectivity index (χ2n) is 6.66. The predicted molar refractivity (Wildman–Crippen MR) is 78.7 cm³/mol. The lowest BCUT2D eigenvalue weighted by Gasteiger charge is -2.28. The summed E-state index contributed by atoms with van der Waals surface area (Å²) in [6, 6.07) is 0. The fraction of sp³-hybridized carbons (Fsp3) is 0.824. The van der Waals surface area contributed by atoms with Gasteiger partial charge in [-0.25, -0.2) is 0 Å². The van der Waals surface area contributed by atoms with Crippen LogP contribution in [0, 0.1) is 5.41 Å². The quantitative estimate of drug-likeness (QED) is 0.524. The van der Waals surface area contributed by atoms with Gasteiger partial charge in [-0.1, -0.05) is 64.9 Å². The van der Waals surface area contributed by atoms with E-state index < -0.39 is 0 Å². The highest BCUT2D eigenvalue weighted by Gasteiger charge is 2.26. The summed E-state index contributed by atoms with van der Waals surface area (Å²) in [5, 5.41) is 0. The molecule has 0 atom stereocenters. The normalized spacial score (nSPS) is 18.8. The predicted octanol–water partition coefficient (Wildman–Crippen LogP) is 5.44. The molecule has 0 fully saturated rings. The van der Waals surface area contributed by atoms with Gasteiger partial charge in [-0.05, 0) is 30.8 Å². The Kier molecular flexibility index (Phi) is 6.67. The molecule has 0 aromatic rings. The van der Waals surface area contributed by atoms with Crippen LogP contribution in [0.1, 0.15) is 85.0 Å². The first kappa shape index (κ1) is 15.5. The Morgan fingerprint density at radius 3 is 2.22 bits per heavy atom. The zero-order valence-corrected chi connectivity index (χ0v) is 12.6. The molecule has 1 aliphatic rings. The minimum atomic E-state index is 0.197. The second-order valence-corrected chi connectivity index (χ2v) is 6.66. The van der Waals surface area contributed by atoms with Gasteiger partial charge in [-0.3, -0.25) is 4.79 Å². The van der Waals surface area contributed by atoms with Crippen LogP contribution in [-0.4, -0.2) is 5.78 Å². The summed E-state index contributed by atoms with van der Waals surface area (Å²) in [5.74, 6) is 0.337. The molecule has 18 heavy (non-hydrogen) atoms. The van der Waals surface area contributed by atoms with Gasteiger partial charge in [0, 0.05) is 6.42 Å². The largest absolute Gasteiger partial charge is 0.295 e. The molecule has 0 saturated carbocycles. The summed E-state index contributed by atoms with van der Waals surface area (Å²) in [4.78, 5) is 11.6. The molecule has 1 rings (SSSR count). The Labute approximate surface area is 113 Å². The van der Waals surface area contributed by atoms with E-state index in [0.29, 0.717) is 5.78 Å². The topological polar surface area (TPSA) is 17.1 Å². The lowest BCUT2D eigenvalue weighted by Crippen LogP contribution is -2.21. The number of allylic oxidation sites excluding steroid dienone is 2. The van der Waals surface area contributed by atoms with Gasteiger partial charge in [-0.2, -0.15) is 0 Å². The van der Waals surface area contributed by atoms with Crippen molar-refractivity contribution in [1.29, 1.82) is 0 Å². The molecule has 104 valence electrons. The zero-order valence-electron chi connectivity index (χ0n) is 12.6. The van der Waals surface area contributed by atoms with E-state index in [2.05, 4.69) is 20.8 Å². The van der Waals surface area contributed by atoms with Crippen molar-refractivity contribution in [3.05, 3.63) is 11.6 Å². The molecule has 0 saturated heterocycles. The van der Waals surface area contributed by atoms with Gasteiger partial charge in [-0.15, -0.1) is 0 Å². The van der Waals surface area contributed by atoms with Gasteiger partial charge in [0.15, 0.2) is 5.78 Å². The van der Waals surface area contributed by atoms with Gasteiger partial charge < -0.3 is 0 Å². The Balaban J connectivity index is 2.14. The van der Waals surface area contributed by atoms with Crippen LogP contribution in [0.4, 0.5) is 0 Å². The third kappa shape index (κ3) is 6.37.